The van der Waals surface area contributed by atoms with Crippen LogP contribution >= 0.6 is 0 Å². The van der Waals surface area contributed by atoms with E-state index in [1.807, 2.05) is 0 Å². The summed E-state index contributed by atoms with van der Waals surface area (Å²) in [4.78, 5) is 3.55. The number of nitrogen functional groups attached to an aromatic ring is 1. The molecule has 0 aliphatic carbocycles. The minimum atomic E-state index is -4.63. The number of nitrogens with zero attached hydrogens (tertiary/aromatic N) is 2. The number of halogens is 4. The lowest BCUT2D eigenvalue weighted by Crippen LogP contribution is -2.07. The van der Waals surface area contributed by atoms with Gasteiger partial charge in [-0.05, 0) is 24.3 Å². The Hall–Kier alpha value is -2.82. The van der Waals surface area contributed by atoms with E-state index < -0.39 is 29.3 Å². The Morgan fingerprint density at radius 1 is 1.19 bits per heavy atom. The van der Waals surface area contributed by atoms with Crippen LogP contribution in [0.3, 0.4) is 0 Å². The van der Waals surface area contributed by atoms with Crippen LogP contribution in [0.15, 0.2) is 30.3 Å². The van der Waals surface area contributed by atoms with E-state index in [1.165, 1.54) is 6.07 Å². The van der Waals surface area contributed by atoms with Crippen LogP contribution in [0.5, 0.6) is 11.6 Å². The zero-order valence-corrected chi connectivity index (χ0v) is 10.3. The summed E-state index contributed by atoms with van der Waals surface area (Å²) >= 11 is 0. The third-order valence-electron chi connectivity index (χ3n) is 2.42. The first-order chi connectivity index (χ1) is 9.79. The summed E-state index contributed by atoms with van der Waals surface area (Å²) in [6.45, 7) is 0. The second-order valence-electron chi connectivity index (χ2n) is 3.98. The van der Waals surface area contributed by atoms with Crippen molar-refractivity contribution in [3.05, 3.63) is 47.3 Å². The monoisotopic (exact) mass is 297 g/mol. The quantitative estimate of drug-likeness (QED) is 0.861. The van der Waals surface area contributed by atoms with Gasteiger partial charge in [0.05, 0.1) is 17.2 Å². The largest absolute Gasteiger partial charge is 0.436 e. The van der Waals surface area contributed by atoms with Gasteiger partial charge in [-0.1, -0.05) is 0 Å². The molecule has 21 heavy (non-hydrogen) atoms. The lowest BCUT2D eigenvalue weighted by Gasteiger charge is -2.11. The molecule has 4 nitrogen and oxygen atoms in total. The van der Waals surface area contributed by atoms with Gasteiger partial charge in [0.2, 0.25) is 5.88 Å². The lowest BCUT2D eigenvalue weighted by atomic mass is 10.2. The van der Waals surface area contributed by atoms with E-state index in [2.05, 4.69) is 4.98 Å². The van der Waals surface area contributed by atoms with Crippen LogP contribution in [0, 0.1) is 17.1 Å². The number of ether oxygens (including phenoxy) is 1. The molecule has 0 saturated carbocycles. The maximum Gasteiger partial charge on any atom is 0.416 e. The van der Waals surface area contributed by atoms with Crippen molar-refractivity contribution in [2.45, 2.75) is 6.18 Å². The molecule has 0 atom stereocenters. The number of anilines is 1. The molecule has 0 fully saturated rings. The highest BCUT2D eigenvalue weighted by atomic mass is 19.4. The highest BCUT2D eigenvalue weighted by Crippen LogP contribution is 2.33. The molecular weight excluding hydrogens is 290 g/mol. The Morgan fingerprint density at radius 2 is 1.90 bits per heavy atom. The maximum atomic E-state index is 13.6. The van der Waals surface area contributed by atoms with Crippen molar-refractivity contribution in [3.8, 4) is 17.7 Å². The summed E-state index contributed by atoms with van der Waals surface area (Å²) in [6, 6.07) is 6.23. The number of alkyl halides is 3. The number of aromatic nitrogens is 1. The average Bonchev–Trinajstić information content (AvgIpc) is 2.39. The lowest BCUT2D eigenvalue weighted by molar-refractivity contribution is -0.137. The predicted octanol–water partition coefficient (Wildman–Crippen LogP) is 3.49. The fourth-order valence-corrected chi connectivity index (χ4v) is 1.51. The second-order valence-corrected chi connectivity index (χ2v) is 3.98. The van der Waals surface area contributed by atoms with Gasteiger partial charge in [-0.15, -0.1) is 0 Å². The summed E-state index contributed by atoms with van der Waals surface area (Å²) in [5.74, 6) is -2.16. The van der Waals surface area contributed by atoms with E-state index in [-0.39, 0.29) is 11.3 Å². The summed E-state index contributed by atoms with van der Waals surface area (Å²) in [5.41, 5.74) is 4.26. The number of nitriles is 1. The number of benzene rings is 1. The number of hydrogen-bond acceptors (Lipinski definition) is 4. The summed E-state index contributed by atoms with van der Waals surface area (Å²) in [6.07, 6.45) is -4.63. The van der Waals surface area contributed by atoms with Crippen molar-refractivity contribution in [2.24, 2.45) is 0 Å². The molecule has 0 aliphatic rings. The van der Waals surface area contributed by atoms with Crippen LogP contribution in [-0.4, -0.2) is 4.98 Å². The molecule has 2 rings (SSSR count). The number of hydrogen-bond donors (Lipinski definition) is 1. The van der Waals surface area contributed by atoms with Gasteiger partial charge in [0.1, 0.15) is 5.82 Å². The molecule has 1 heterocycles. The summed E-state index contributed by atoms with van der Waals surface area (Å²) in [7, 11) is 0. The standard InChI is InChI=1S/C13H7F4N3O/c14-9-3-7(6-18)1-2-10(9)21-12-5-8(13(15,16)17)4-11(19)20-12/h1-5H,(H2,19,20). The fraction of sp³-hybridized carbons (Fsp3) is 0.0769. The van der Waals surface area contributed by atoms with E-state index in [1.54, 1.807) is 6.07 Å². The van der Waals surface area contributed by atoms with Gasteiger partial charge in [-0.3, -0.25) is 0 Å². The Balaban J connectivity index is 2.36. The fourth-order valence-electron chi connectivity index (χ4n) is 1.51. The molecule has 0 unspecified atom stereocenters. The average molecular weight is 297 g/mol. The number of pyridine rings is 1. The maximum absolute atomic E-state index is 13.6. The smallest absolute Gasteiger partial charge is 0.416 e. The van der Waals surface area contributed by atoms with E-state index in [4.69, 9.17) is 15.7 Å². The van der Waals surface area contributed by atoms with Gasteiger partial charge in [-0.25, -0.2) is 4.39 Å². The normalized spacial score (nSPS) is 11.0. The van der Waals surface area contributed by atoms with Gasteiger partial charge >= 0.3 is 6.18 Å². The van der Waals surface area contributed by atoms with Crippen molar-refractivity contribution in [1.29, 1.82) is 5.26 Å². The van der Waals surface area contributed by atoms with E-state index >= 15 is 0 Å². The zero-order chi connectivity index (χ0) is 15.6. The third-order valence-corrected chi connectivity index (χ3v) is 2.42. The van der Waals surface area contributed by atoms with Gasteiger partial charge in [0.25, 0.3) is 0 Å². The van der Waals surface area contributed by atoms with Crippen LogP contribution in [0.4, 0.5) is 23.4 Å². The molecule has 108 valence electrons. The topological polar surface area (TPSA) is 71.9 Å². The molecule has 1 aromatic carbocycles. The Labute approximate surface area is 116 Å². The minimum Gasteiger partial charge on any atom is -0.436 e. The first kappa shape index (κ1) is 14.6. The number of nitrogens with two attached hydrogens (primary N) is 1. The van der Waals surface area contributed by atoms with E-state index in [0.717, 1.165) is 12.1 Å². The van der Waals surface area contributed by atoms with Crippen molar-refractivity contribution in [2.75, 3.05) is 5.73 Å². The second kappa shape index (κ2) is 5.28. The van der Waals surface area contributed by atoms with Crippen molar-refractivity contribution < 1.29 is 22.3 Å². The van der Waals surface area contributed by atoms with Crippen LogP contribution in [0.2, 0.25) is 0 Å². The van der Waals surface area contributed by atoms with Crippen molar-refractivity contribution in [3.63, 3.8) is 0 Å². The van der Waals surface area contributed by atoms with Crippen LogP contribution in [-0.2, 0) is 6.18 Å². The molecule has 0 radical (unpaired) electrons. The Bertz CT molecular complexity index is 722. The highest BCUT2D eigenvalue weighted by molar-refractivity contribution is 5.42. The minimum absolute atomic E-state index is 0.0522. The molecule has 0 amide bonds. The Kier molecular flexibility index (Phi) is 3.67. The van der Waals surface area contributed by atoms with Gasteiger partial charge in [0.15, 0.2) is 11.6 Å². The van der Waals surface area contributed by atoms with Crippen LogP contribution in [0.1, 0.15) is 11.1 Å². The highest BCUT2D eigenvalue weighted by Gasteiger charge is 2.31. The predicted molar refractivity (Wildman–Crippen MR) is 64.8 cm³/mol. The van der Waals surface area contributed by atoms with Gasteiger partial charge in [-0.2, -0.15) is 23.4 Å². The van der Waals surface area contributed by atoms with Crippen LogP contribution < -0.4 is 10.5 Å². The molecule has 2 aromatic rings. The zero-order valence-electron chi connectivity index (χ0n) is 10.3. The molecule has 0 spiro atoms. The number of rotatable bonds is 2. The summed E-state index contributed by atoms with van der Waals surface area (Å²) < 4.78 is 56.4. The van der Waals surface area contributed by atoms with Gasteiger partial charge in [0, 0.05) is 6.07 Å². The van der Waals surface area contributed by atoms with Gasteiger partial charge < -0.3 is 10.5 Å². The first-order valence-corrected chi connectivity index (χ1v) is 5.52. The molecule has 1 aromatic heterocycles. The molecule has 0 bridgehead atoms. The summed E-state index contributed by atoms with van der Waals surface area (Å²) in [5, 5.41) is 8.59. The first-order valence-electron chi connectivity index (χ1n) is 5.52. The molecule has 0 aliphatic heterocycles. The molecule has 8 heteroatoms. The molecule has 2 N–H and O–H groups in total. The van der Waals surface area contributed by atoms with E-state index in [0.29, 0.717) is 12.1 Å². The van der Waals surface area contributed by atoms with Crippen LogP contribution in [0.25, 0.3) is 0 Å². The molecule has 0 saturated heterocycles. The van der Waals surface area contributed by atoms with Crippen molar-refractivity contribution in [1.82, 2.24) is 4.98 Å². The van der Waals surface area contributed by atoms with Crippen molar-refractivity contribution >= 4 is 5.82 Å². The third kappa shape index (κ3) is 3.39. The Morgan fingerprint density at radius 3 is 2.48 bits per heavy atom. The molecular formula is C13H7F4N3O. The van der Waals surface area contributed by atoms with E-state index in [9.17, 15) is 17.6 Å². The SMILES string of the molecule is N#Cc1ccc(Oc2cc(C(F)(F)F)cc(N)n2)c(F)c1.